The van der Waals surface area contributed by atoms with E-state index in [9.17, 15) is 19.5 Å². The maximum atomic E-state index is 12.4. The summed E-state index contributed by atoms with van der Waals surface area (Å²) in [7, 11) is 0. The van der Waals surface area contributed by atoms with Crippen molar-refractivity contribution in [2.75, 3.05) is 23.7 Å². The fourth-order valence-electron chi connectivity index (χ4n) is 3.61. The fourth-order valence-corrected chi connectivity index (χ4v) is 3.61. The summed E-state index contributed by atoms with van der Waals surface area (Å²) in [6.45, 7) is 4.51. The summed E-state index contributed by atoms with van der Waals surface area (Å²) in [6, 6.07) is 13.8. The van der Waals surface area contributed by atoms with Crippen LogP contribution < -0.4 is 31.7 Å². The largest absolute Gasteiger partial charge is 0.550 e. The number of nitrogens with zero attached hydrogens (tertiary/aromatic N) is 2. The molecule has 0 aliphatic heterocycles. The highest BCUT2D eigenvalue weighted by Gasteiger charge is 2.20. The SMILES string of the molecule is CC(=O)[O-].Cc1cn(CCCCC(NC(=O)OCc2ccccc2)C(=O)O)c(=O)nc1NCCNc1cccc[nH+]1. The Morgan fingerprint density at radius 1 is 1.07 bits per heavy atom. The van der Waals surface area contributed by atoms with Gasteiger partial charge in [-0.05, 0) is 44.7 Å². The number of anilines is 2. The molecule has 0 aliphatic carbocycles. The molecule has 220 valence electrons. The first-order valence-electron chi connectivity index (χ1n) is 13.1. The van der Waals surface area contributed by atoms with Gasteiger partial charge in [0.25, 0.3) is 5.82 Å². The third-order valence-corrected chi connectivity index (χ3v) is 5.56. The first-order chi connectivity index (χ1) is 19.7. The summed E-state index contributed by atoms with van der Waals surface area (Å²) in [6.07, 6.45) is 4.04. The molecule has 1 unspecified atom stereocenters. The van der Waals surface area contributed by atoms with Crippen molar-refractivity contribution in [3.05, 3.63) is 82.5 Å². The van der Waals surface area contributed by atoms with E-state index in [2.05, 4.69) is 25.9 Å². The lowest BCUT2D eigenvalue weighted by Crippen LogP contribution is -2.41. The molecule has 0 spiro atoms. The van der Waals surface area contributed by atoms with Crippen LogP contribution in [0.2, 0.25) is 0 Å². The van der Waals surface area contributed by atoms with Crippen molar-refractivity contribution in [3.8, 4) is 0 Å². The Morgan fingerprint density at radius 2 is 1.76 bits per heavy atom. The number of amides is 1. The summed E-state index contributed by atoms with van der Waals surface area (Å²) in [5.41, 5.74) is 1.26. The minimum Gasteiger partial charge on any atom is -0.550 e. The number of rotatable bonds is 14. The van der Waals surface area contributed by atoms with Crippen LogP contribution in [-0.4, -0.2) is 51.8 Å². The topological polar surface area (TPSA) is 189 Å². The molecule has 2 aromatic heterocycles. The molecule has 3 aromatic rings. The lowest BCUT2D eigenvalue weighted by molar-refractivity contribution is -0.361. The molecular weight excluding hydrogens is 532 g/mol. The van der Waals surface area contributed by atoms with Gasteiger partial charge in [-0.2, -0.15) is 4.98 Å². The number of carbonyl (C=O) groups is 3. The molecule has 5 N–H and O–H groups in total. The van der Waals surface area contributed by atoms with Gasteiger partial charge in [0.15, 0.2) is 0 Å². The van der Waals surface area contributed by atoms with Crippen LogP contribution >= 0.6 is 0 Å². The number of pyridine rings is 1. The second-order valence-electron chi connectivity index (χ2n) is 8.96. The summed E-state index contributed by atoms with van der Waals surface area (Å²) >= 11 is 0. The Bertz CT molecular complexity index is 1300. The van der Waals surface area contributed by atoms with Crippen molar-refractivity contribution >= 4 is 29.7 Å². The van der Waals surface area contributed by atoms with Gasteiger partial charge in [0, 0.05) is 30.3 Å². The predicted octanol–water partition coefficient (Wildman–Crippen LogP) is 1.20. The second kappa shape index (κ2) is 17.6. The Balaban J connectivity index is 0.00000138. The van der Waals surface area contributed by atoms with Gasteiger partial charge in [-0.3, -0.25) is 9.88 Å². The quantitative estimate of drug-likeness (QED) is 0.206. The number of benzene rings is 1. The van der Waals surface area contributed by atoms with Gasteiger partial charge in [-0.1, -0.05) is 36.4 Å². The number of aromatic nitrogens is 3. The standard InChI is InChI=1S/C26H32N6O5.C2H4O2/c1-19-17-32(25(35)31-23(19)29-15-14-28-22-12-5-7-13-27-22)16-8-6-11-21(24(33)34)30-26(36)37-18-20-9-3-2-4-10-20;1-2(3)4/h2-5,7,9-10,12-13,17,21H,6,8,11,14-16,18H2,1H3,(H,27,28)(H,30,36)(H,33,34)(H,29,31,35);1H3,(H,3,4). The van der Waals surface area contributed by atoms with E-state index < -0.39 is 24.1 Å². The van der Waals surface area contributed by atoms with Gasteiger partial charge in [0.2, 0.25) is 0 Å². The number of unbranched alkanes of at least 4 members (excludes halogenated alkanes) is 1. The van der Waals surface area contributed by atoms with Gasteiger partial charge in [-0.15, -0.1) is 0 Å². The van der Waals surface area contributed by atoms with Crippen LogP contribution in [0.15, 0.2) is 65.7 Å². The number of aliphatic carboxylic acids is 2. The molecule has 0 saturated heterocycles. The van der Waals surface area contributed by atoms with Crippen molar-refractivity contribution in [3.63, 3.8) is 0 Å². The number of aryl methyl sites for hydroxylation is 2. The molecule has 2 heterocycles. The predicted molar refractivity (Wildman–Crippen MR) is 149 cm³/mol. The molecule has 0 aliphatic rings. The average molecular weight is 569 g/mol. The van der Waals surface area contributed by atoms with Gasteiger partial charge >= 0.3 is 17.8 Å². The molecule has 1 amide bonds. The number of nitrogens with one attached hydrogen (secondary N) is 4. The zero-order chi connectivity index (χ0) is 30.0. The van der Waals surface area contributed by atoms with Crippen molar-refractivity contribution in [1.29, 1.82) is 0 Å². The molecule has 1 aromatic carbocycles. The summed E-state index contributed by atoms with van der Waals surface area (Å²) in [5.74, 6) is -0.792. The number of H-pyrrole nitrogens is 1. The molecule has 3 rings (SSSR count). The van der Waals surface area contributed by atoms with Crippen LogP contribution in [0.25, 0.3) is 0 Å². The molecule has 1 atom stereocenters. The van der Waals surface area contributed by atoms with Crippen molar-refractivity contribution < 1.29 is 34.3 Å². The lowest BCUT2D eigenvalue weighted by atomic mass is 10.1. The highest BCUT2D eigenvalue weighted by molar-refractivity contribution is 5.79. The third-order valence-electron chi connectivity index (χ3n) is 5.56. The zero-order valence-corrected chi connectivity index (χ0v) is 23.1. The van der Waals surface area contributed by atoms with E-state index in [4.69, 9.17) is 14.6 Å². The number of hydrogen-bond donors (Lipinski definition) is 4. The summed E-state index contributed by atoms with van der Waals surface area (Å²) in [5, 5.41) is 27.1. The second-order valence-corrected chi connectivity index (χ2v) is 8.96. The maximum Gasteiger partial charge on any atom is 0.408 e. The van der Waals surface area contributed by atoms with E-state index in [1.54, 1.807) is 6.20 Å². The molecule has 0 fully saturated rings. The monoisotopic (exact) mass is 568 g/mol. The Labute approximate surface area is 237 Å². The van der Waals surface area contributed by atoms with Crippen LogP contribution in [-0.2, 0) is 27.5 Å². The number of carboxylic acids is 2. The first-order valence-corrected chi connectivity index (χ1v) is 13.1. The summed E-state index contributed by atoms with van der Waals surface area (Å²) in [4.78, 5) is 52.1. The molecule has 0 bridgehead atoms. The molecular formula is C28H36N6O7. The van der Waals surface area contributed by atoms with E-state index in [0.29, 0.717) is 38.3 Å². The van der Waals surface area contributed by atoms with Crippen LogP contribution in [0, 0.1) is 6.92 Å². The molecule has 41 heavy (non-hydrogen) atoms. The van der Waals surface area contributed by atoms with E-state index in [-0.39, 0.29) is 18.7 Å². The first kappa shape index (κ1) is 32.3. The minimum absolute atomic E-state index is 0.0568. The Hall–Kier alpha value is -4.94. The van der Waals surface area contributed by atoms with Crippen molar-refractivity contribution in [2.45, 2.75) is 52.3 Å². The van der Waals surface area contributed by atoms with E-state index in [1.165, 1.54) is 4.57 Å². The molecule has 13 nitrogen and oxygen atoms in total. The smallest absolute Gasteiger partial charge is 0.408 e. The lowest BCUT2D eigenvalue weighted by Gasteiger charge is -2.15. The number of carboxylic acid groups (broad SMARTS) is 2. The van der Waals surface area contributed by atoms with Crippen LogP contribution in [0.1, 0.15) is 37.3 Å². The van der Waals surface area contributed by atoms with Gasteiger partial charge < -0.3 is 30.4 Å². The van der Waals surface area contributed by atoms with Crippen LogP contribution in [0.5, 0.6) is 0 Å². The van der Waals surface area contributed by atoms with Crippen LogP contribution in [0.4, 0.5) is 16.4 Å². The number of aromatic amines is 1. The Morgan fingerprint density at radius 3 is 2.41 bits per heavy atom. The van der Waals surface area contributed by atoms with Crippen LogP contribution in [0.3, 0.4) is 0 Å². The van der Waals surface area contributed by atoms with Gasteiger partial charge in [-0.25, -0.2) is 19.4 Å². The Kier molecular flexibility index (Phi) is 13.9. The highest BCUT2D eigenvalue weighted by Crippen LogP contribution is 2.09. The van der Waals surface area contributed by atoms with E-state index in [0.717, 1.165) is 23.9 Å². The van der Waals surface area contributed by atoms with Crippen molar-refractivity contribution in [1.82, 2.24) is 14.9 Å². The number of carbonyl (C=O) groups excluding carboxylic acids is 2. The number of ether oxygens (including phenoxy) is 1. The van der Waals surface area contributed by atoms with Crippen molar-refractivity contribution in [2.24, 2.45) is 0 Å². The molecule has 13 heteroatoms. The number of hydrogen-bond acceptors (Lipinski definition) is 9. The number of alkyl carbamates (subject to hydrolysis) is 1. The average Bonchev–Trinajstić information content (AvgIpc) is 2.94. The summed E-state index contributed by atoms with van der Waals surface area (Å²) < 4.78 is 6.61. The minimum atomic E-state index is -1.14. The van der Waals surface area contributed by atoms with E-state index >= 15 is 0 Å². The molecule has 0 radical (unpaired) electrons. The third kappa shape index (κ3) is 13.1. The maximum absolute atomic E-state index is 12.4. The van der Waals surface area contributed by atoms with Gasteiger partial charge in [0.1, 0.15) is 25.0 Å². The highest BCUT2D eigenvalue weighted by atomic mass is 16.5. The normalized spacial score (nSPS) is 10.9. The zero-order valence-electron chi connectivity index (χ0n) is 23.1. The fraction of sp³-hybridized carbons (Fsp3) is 0.357. The van der Waals surface area contributed by atoms with E-state index in [1.807, 2.05) is 61.7 Å². The van der Waals surface area contributed by atoms with Gasteiger partial charge in [0.05, 0.1) is 12.7 Å². The molecule has 0 saturated carbocycles.